The van der Waals surface area contributed by atoms with Gasteiger partial charge in [0.05, 0.1) is 18.1 Å². The van der Waals surface area contributed by atoms with Crippen molar-refractivity contribution in [3.8, 4) is 5.75 Å². The van der Waals surface area contributed by atoms with Crippen LogP contribution in [0.4, 0.5) is 18.9 Å². The second kappa shape index (κ2) is 12.4. The number of hydrogen-bond acceptors (Lipinski definition) is 5. The van der Waals surface area contributed by atoms with Gasteiger partial charge in [0.2, 0.25) is 5.91 Å². The first-order valence-corrected chi connectivity index (χ1v) is 11.6. The van der Waals surface area contributed by atoms with E-state index < -0.39 is 12.6 Å². The van der Waals surface area contributed by atoms with Crippen molar-refractivity contribution in [1.29, 1.82) is 0 Å². The van der Waals surface area contributed by atoms with E-state index in [4.69, 9.17) is 9.47 Å². The predicted octanol–water partition coefficient (Wildman–Crippen LogP) is 4.18. The van der Waals surface area contributed by atoms with E-state index in [0.29, 0.717) is 30.6 Å². The number of fused-ring (bicyclic) bond motifs is 1. The third kappa shape index (κ3) is 8.16. The van der Waals surface area contributed by atoms with E-state index in [1.807, 2.05) is 13.8 Å². The van der Waals surface area contributed by atoms with Crippen LogP contribution >= 0.6 is 0 Å². The van der Waals surface area contributed by atoms with Crippen LogP contribution in [0.25, 0.3) is 0 Å². The highest BCUT2D eigenvalue weighted by Gasteiger charge is 2.32. The zero-order chi connectivity index (χ0) is 25.5. The predicted molar refractivity (Wildman–Crippen MR) is 124 cm³/mol. The number of nitrogens with one attached hydrogen (secondary N) is 1. The van der Waals surface area contributed by atoms with Crippen molar-refractivity contribution in [2.45, 2.75) is 58.4 Å². The fourth-order valence-electron chi connectivity index (χ4n) is 3.96. The van der Waals surface area contributed by atoms with Gasteiger partial charge in [0.25, 0.3) is 5.91 Å². The van der Waals surface area contributed by atoms with E-state index in [0.717, 1.165) is 0 Å². The molecule has 2 rings (SSSR count). The molecule has 3 atom stereocenters. The first-order chi connectivity index (χ1) is 15.9. The summed E-state index contributed by atoms with van der Waals surface area (Å²) in [5, 5.41) is 2.78. The Balaban J connectivity index is 2.37. The zero-order valence-electron chi connectivity index (χ0n) is 20.6. The molecule has 1 aromatic rings. The molecule has 0 aromatic heterocycles. The second-order valence-corrected chi connectivity index (χ2v) is 8.97. The summed E-state index contributed by atoms with van der Waals surface area (Å²) in [4.78, 5) is 28.5. The Labute approximate surface area is 199 Å². The fourth-order valence-corrected chi connectivity index (χ4v) is 3.96. The molecule has 7 nitrogen and oxygen atoms in total. The summed E-state index contributed by atoms with van der Waals surface area (Å²) in [5.74, 6) is -0.261. The summed E-state index contributed by atoms with van der Waals surface area (Å²) in [6.45, 7) is 6.16. The van der Waals surface area contributed by atoms with Gasteiger partial charge in [0.1, 0.15) is 12.4 Å². The number of rotatable bonds is 6. The maximum atomic E-state index is 13.2. The molecule has 0 unspecified atom stereocenters. The maximum Gasteiger partial charge on any atom is 0.390 e. The minimum atomic E-state index is -4.26. The molecular formula is C24H36F3N3O4. The number of alkyl halides is 3. The van der Waals surface area contributed by atoms with Crippen LogP contribution in [0, 0.1) is 5.92 Å². The number of nitrogens with zero attached hydrogens (tertiary/aromatic N) is 2. The highest BCUT2D eigenvalue weighted by Crippen LogP contribution is 2.27. The van der Waals surface area contributed by atoms with Crippen molar-refractivity contribution >= 4 is 17.5 Å². The molecule has 0 saturated heterocycles. The molecule has 0 aliphatic carbocycles. The van der Waals surface area contributed by atoms with Crippen LogP contribution in [-0.4, -0.2) is 80.3 Å². The Hall–Kier alpha value is -2.33. The van der Waals surface area contributed by atoms with E-state index in [1.54, 1.807) is 37.1 Å². The molecule has 34 heavy (non-hydrogen) atoms. The number of benzene rings is 1. The van der Waals surface area contributed by atoms with E-state index in [9.17, 15) is 22.8 Å². The number of anilines is 1. The number of likely N-dealkylation sites (N-methyl/N-ethyl adjacent to an activating group) is 1. The Morgan fingerprint density at radius 1 is 1.26 bits per heavy atom. The molecule has 0 spiro atoms. The smallest absolute Gasteiger partial charge is 0.390 e. The first kappa shape index (κ1) is 27.9. The van der Waals surface area contributed by atoms with Crippen molar-refractivity contribution in [2.24, 2.45) is 5.92 Å². The molecule has 1 aliphatic rings. The SMILES string of the molecule is CCCC(=O)Nc1ccc2c(c1)OC[C@@H](C)N(CCC(F)(F)F)C[C@@H](C)[C@@H](OC)CN(C)C2=O. The van der Waals surface area contributed by atoms with Crippen LogP contribution in [0.1, 0.15) is 50.4 Å². The summed E-state index contributed by atoms with van der Waals surface area (Å²) in [5.41, 5.74) is 0.804. The summed E-state index contributed by atoms with van der Waals surface area (Å²) in [7, 11) is 3.19. The van der Waals surface area contributed by atoms with Crippen LogP contribution in [-0.2, 0) is 9.53 Å². The number of halogens is 3. The lowest BCUT2D eigenvalue weighted by Gasteiger charge is -2.36. The van der Waals surface area contributed by atoms with Crippen molar-refractivity contribution in [1.82, 2.24) is 9.80 Å². The van der Waals surface area contributed by atoms with Crippen molar-refractivity contribution in [2.75, 3.05) is 45.7 Å². The number of amides is 2. The van der Waals surface area contributed by atoms with Crippen molar-refractivity contribution in [3.63, 3.8) is 0 Å². The molecule has 0 radical (unpaired) electrons. The van der Waals surface area contributed by atoms with E-state index >= 15 is 0 Å². The third-order valence-corrected chi connectivity index (χ3v) is 6.02. The highest BCUT2D eigenvalue weighted by molar-refractivity contribution is 5.98. The molecule has 1 N–H and O–H groups in total. The molecule has 1 aromatic carbocycles. The fraction of sp³-hybridized carbons (Fsp3) is 0.667. The Morgan fingerprint density at radius 3 is 2.59 bits per heavy atom. The van der Waals surface area contributed by atoms with Gasteiger partial charge in [-0.1, -0.05) is 13.8 Å². The van der Waals surface area contributed by atoms with Gasteiger partial charge in [0.15, 0.2) is 0 Å². The molecule has 1 aliphatic heterocycles. The number of ether oxygens (including phenoxy) is 2. The topological polar surface area (TPSA) is 71.1 Å². The number of carbonyl (C=O) groups excluding carboxylic acids is 2. The van der Waals surface area contributed by atoms with Crippen LogP contribution in [0.5, 0.6) is 5.75 Å². The molecule has 2 amide bonds. The summed E-state index contributed by atoms with van der Waals surface area (Å²) < 4.78 is 50.5. The standard InChI is InChI=1S/C24H36F3N3O4/c1-6-7-22(31)28-18-8-9-19-20(12-18)34-15-17(3)30(11-10-24(25,26)27)13-16(2)21(33-5)14-29(4)23(19)32/h8-9,12,16-17,21H,6-7,10-11,13-15H2,1-5H3,(H,28,31)/t16-,17-,21+/m1/s1. The summed E-state index contributed by atoms with van der Waals surface area (Å²) in [6, 6.07) is 4.48. The van der Waals surface area contributed by atoms with Gasteiger partial charge in [0, 0.05) is 58.0 Å². The normalized spacial score (nSPS) is 22.9. The molecular weight excluding hydrogens is 451 g/mol. The van der Waals surface area contributed by atoms with Gasteiger partial charge in [-0.2, -0.15) is 13.2 Å². The summed E-state index contributed by atoms with van der Waals surface area (Å²) >= 11 is 0. The van der Waals surface area contributed by atoms with Crippen LogP contribution in [0.3, 0.4) is 0 Å². The minimum Gasteiger partial charge on any atom is -0.491 e. The second-order valence-electron chi connectivity index (χ2n) is 8.97. The average molecular weight is 488 g/mol. The minimum absolute atomic E-state index is 0.0819. The van der Waals surface area contributed by atoms with Gasteiger partial charge in [-0.3, -0.25) is 14.5 Å². The molecule has 192 valence electrons. The van der Waals surface area contributed by atoms with Crippen molar-refractivity contribution in [3.05, 3.63) is 23.8 Å². The molecule has 0 bridgehead atoms. The van der Waals surface area contributed by atoms with Gasteiger partial charge < -0.3 is 19.7 Å². The monoisotopic (exact) mass is 487 g/mol. The number of methoxy groups -OCH3 is 1. The third-order valence-electron chi connectivity index (χ3n) is 6.02. The van der Waals surface area contributed by atoms with E-state index in [-0.39, 0.29) is 55.3 Å². The van der Waals surface area contributed by atoms with Crippen molar-refractivity contribution < 1.29 is 32.2 Å². The lowest BCUT2D eigenvalue weighted by molar-refractivity contribution is -0.140. The zero-order valence-corrected chi connectivity index (χ0v) is 20.6. The van der Waals surface area contributed by atoms with Gasteiger partial charge in [-0.15, -0.1) is 0 Å². The van der Waals surface area contributed by atoms with E-state index in [2.05, 4.69) is 5.32 Å². The van der Waals surface area contributed by atoms with Gasteiger partial charge in [-0.25, -0.2) is 0 Å². The molecule has 10 heteroatoms. The van der Waals surface area contributed by atoms with Crippen LogP contribution in [0.15, 0.2) is 18.2 Å². The molecule has 1 heterocycles. The quantitative estimate of drug-likeness (QED) is 0.652. The largest absolute Gasteiger partial charge is 0.491 e. The van der Waals surface area contributed by atoms with E-state index in [1.165, 1.54) is 12.0 Å². The first-order valence-electron chi connectivity index (χ1n) is 11.6. The number of carbonyl (C=O) groups is 2. The Morgan fingerprint density at radius 2 is 1.97 bits per heavy atom. The van der Waals surface area contributed by atoms with Crippen LogP contribution < -0.4 is 10.1 Å². The maximum absolute atomic E-state index is 13.2. The lowest BCUT2D eigenvalue weighted by Crippen LogP contribution is -2.47. The van der Waals surface area contributed by atoms with Gasteiger partial charge >= 0.3 is 6.18 Å². The Kier molecular flexibility index (Phi) is 10.2. The lowest BCUT2D eigenvalue weighted by atomic mass is 10.0. The molecule has 0 saturated carbocycles. The summed E-state index contributed by atoms with van der Waals surface area (Å²) in [6.07, 6.45) is -4.49. The highest BCUT2D eigenvalue weighted by atomic mass is 19.4. The van der Waals surface area contributed by atoms with Crippen LogP contribution in [0.2, 0.25) is 0 Å². The molecule has 0 fully saturated rings. The Bertz CT molecular complexity index is 834. The average Bonchev–Trinajstić information content (AvgIpc) is 2.76. The number of hydrogen-bond donors (Lipinski definition) is 1. The van der Waals surface area contributed by atoms with Gasteiger partial charge in [-0.05, 0) is 31.4 Å².